The van der Waals surface area contributed by atoms with Gasteiger partial charge in [0.25, 0.3) is 0 Å². The first-order valence-corrected chi connectivity index (χ1v) is 6.75. The smallest absolute Gasteiger partial charge is 0.244 e. The average molecular weight is 295 g/mol. The fourth-order valence-electron chi connectivity index (χ4n) is 1.65. The molecule has 0 amide bonds. The molecular weight excluding hydrogens is 276 g/mol. The Labute approximate surface area is 114 Å². The first-order valence-electron chi connectivity index (χ1n) is 5.27. The highest BCUT2D eigenvalue weighted by Crippen LogP contribution is 2.28. The Kier molecular flexibility index (Phi) is 6.62. The Bertz CT molecular complexity index is 503. The van der Waals surface area contributed by atoms with Crippen LogP contribution in [0, 0.1) is 13.8 Å². The Morgan fingerprint density at radius 2 is 1.94 bits per heavy atom. The van der Waals surface area contributed by atoms with Crippen molar-refractivity contribution in [3.63, 3.8) is 0 Å². The highest BCUT2D eigenvalue weighted by Gasteiger charge is 2.20. The third kappa shape index (κ3) is 3.84. The third-order valence-corrected chi connectivity index (χ3v) is 3.78. The molecule has 0 aromatic heterocycles. The number of halogens is 1. The van der Waals surface area contributed by atoms with E-state index < -0.39 is 10.0 Å². The molecule has 0 atom stereocenters. The van der Waals surface area contributed by atoms with Gasteiger partial charge in [0.2, 0.25) is 10.0 Å². The lowest BCUT2D eigenvalue weighted by Gasteiger charge is -2.13. The van der Waals surface area contributed by atoms with Gasteiger partial charge in [0.1, 0.15) is 10.6 Å². The Balaban J connectivity index is 0.00000289. The van der Waals surface area contributed by atoms with Gasteiger partial charge in [-0.15, -0.1) is 12.4 Å². The van der Waals surface area contributed by atoms with Gasteiger partial charge in [-0.1, -0.05) is 6.07 Å². The van der Waals surface area contributed by atoms with Gasteiger partial charge in [0, 0.05) is 13.1 Å². The maximum Gasteiger partial charge on any atom is 0.244 e. The number of rotatable bonds is 5. The minimum absolute atomic E-state index is 0. The van der Waals surface area contributed by atoms with Gasteiger partial charge < -0.3 is 10.5 Å². The van der Waals surface area contributed by atoms with E-state index >= 15 is 0 Å². The Hall–Kier alpha value is -0.820. The summed E-state index contributed by atoms with van der Waals surface area (Å²) in [6, 6.07) is 3.46. The number of ether oxygens (including phenoxy) is 1. The molecule has 104 valence electrons. The Morgan fingerprint density at radius 3 is 2.44 bits per heavy atom. The summed E-state index contributed by atoms with van der Waals surface area (Å²) in [5, 5.41) is 0. The lowest BCUT2D eigenvalue weighted by Crippen LogP contribution is -2.29. The van der Waals surface area contributed by atoms with Crippen LogP contribution in [0.2, 0.25) is 0 Å². The largest absolute Gasteiger partial charge is 0.495 e. The van der Waals surface area contributed by atoms with E-state index in [-0.39, 0.29) is 30.4 Å². The molecule has 0 aliphatic rings. The summed E-state index contributed by atoms with van der Waals surface area (Å²) >= 11 is 0. The van der Waals surface area contributed by atoms with Crippen molar-refractivity contribution < 1.29 is 13.2 Å². The molecule has 1 aromatic rings. The van der Waals surface area contributed by atoms with E-state index in [1.54, 1.807) is 6.07 Å². The van der Waals surface area contributed by atoms with Crippen LogP contribution in [0.5, 0.6) is 5.75 Å². The molecule has 5 nitrogen and oxygen atoms in total. The maximum absolute atomic E-state index is 12.0. The van der Waals surface area contributed by atoms with Crippen molar-refractivity contribution in [3.8, 4) is 5.75 Å². The number of sulfonamides is 1. The maximum atomic E-state index is 12.0. The predicted molar refractivity (Wildman–Crippen MR) is 74.0 cm³/mol. The van der Waals surface area contributed by atoms with Gasteiger partial charge in [-0.25, -0.2) is 13.1 Å². The second-order valence-electron chi connectivity index (χ2n) is 3.80. The van der Waals surface area contributed by atoms with Crippen LogP contribution in [0.15, 0.2) is 17.0 Å². The number of aryl methyl sites for hydroxylation is 2. The van der Waals surface area contributed by atoms with Crippen molar-refractivity contribution in [1.82, 2.24) is 4.72 Å². The molecule has 0 aliphatic heterocycles. The zero-order valence-electron chi connectivity index (χ0n) is 10.7. The normalized spacial score (nSPS) is 10.9. The molecule has 3 N–H and O–H groups in total. The van der Waals surface area contributed by atoms with Gasteiger partial charge in [0.15, 0.2) is 0 Å². The summed E-state index contributed by atoms with van der Waals surface area (Å²) in [4.78, 5) is 0.158. The summed E-state index contributed by atoms with van der Waals surface area (Å²) in [6.45, 7) is 4.12. The van der Waals surface area contributed by atoms with E-state index in [9.17, 15) is 8.42 Å². The standard InChI is InChI=1S/C11H18N2O3S.ClH/c1-8-6-9(2)11(16-3)10(7-8)17(14,15)13-5-4-12;/h6-7,13H,4-5,12H2,1-3H3;1H. The molecule has 0 bridgehead atoms. The number of nitrogens with one attached hydrogen (secondary N) is 1. The fraction of sp³-hybridized carbons (Fsp3) is 0.455. The zero-order chi connectivity index (χ0) is 13.1. The van der Waals surface area contributed by atoms with Crippen LogP contribution in [0.3, 0.4) is 0 Å². The van der Waals surface area contributed by atoms with Crippen LogP contribution in [0.25, 0.3) is 0 Å². The van der Waals surface area contributed by atoms with Crippen molar-refractivity contribution in [1.29, 1.82) is 0 Å². The number of nitrogens with two attached hydrogens (primary N) is 1. The van der Waals surface area contributed by atoms with Gasteiger partial charge in [-0.2, -0.15) is 0 Å². The summed E-state index contributed by atoms with van der Waals surface area (Å²) in [5.41, 5.74) is 6.95. The number of hydrogen-bond donors (Lipinski definition) is 2. The van der Waals surface area contributed by atoms with Crippen molar-refractivity contribution in [2.24, 2.45) is 5.73 Å². The lowest BCUT2D eigenvalue weighted by atomic mass is 10.1. The van der Waals surface area contributed by atoms with Crippen LogP contribution >= 0.6 is 12.4 Å². The van der Waals surface area contributed by atoms with E-state index in [1.807, 2.05) is 19.9 Å². The van der Waals surface area contributed by atoms with Crippen molar-refractivity contribution in [2.75, 3.05) is 20.2 Å². The summed E-state index contributed by atoms with van der Waals surface area (Å²) in [5.74, 6) is 0.375. The molecule has 1 rings (SSSR count). The molecule has 0 fully saturated rings. The van der Waals surface area contributed by atoms with Crippen LogP contribution in [-0.2, 0) is 10.0 Å². The molecule has 0 radical (unpaired) electrons. The molecule has 0 saturated carbocycles. The van der Waals surface area contributed by atoms with Crippen molar-refractivity contribution >= 4 is 22.4 Å². The van der Waals surface area contributed by atoms with Gasteiger partial charge in [-0.3, -0.25) is 0 Å². The van der Waals surface area contributed by atoms with Crippen LogP contribution < -0.4 is 15.2 Å². The molecule has 0 unspecified atom stereocenters. The second kappa shape index (κ2) is 6.94. The Morgan fingerprint density at radius 1 is 1.33 bits per heavy atom. The monoisotopic (exact) mass is 294 g/mol. The summed E-state index contributed by atoms with van der Waals surface area (Å²) < 4.78 is 31.6. The third-order valence-electron chi connectivity index (χ3n) is 2.31. The van der Waals surface area contributed by atoms with E-state index in [0.29, 0.717) is 5.75 Å². The van der Waals surface area contributed by atoms with Crippen LogP contribution in [0.1, 0.15) is 11.1 Å². The number of benzene rings is 1. The summed E-state index contributed by atoms with van der Waals surface area (Å²) in [6.07, 6.45) is 0. The van der Waals surface area contributed by atoms with Crippen LogP contribution in [-0.4, -0.2) is 28.6 Å². The summed E-state index contributed by atoms with van der Waals surface area (Å²) in [7, 11) is -2.11. The minimum atomic E-state index is -3.57. The molecule has 0 heterocycles. The molecule has 0 saturated heterocycles. The van der Waals surface area contributed by atoms with E-state index in [1.165, 1.54) is 7.11 Å². The number of hydrogen-bond acceptors (Lipinski definition) is 4. The zero-order valence-corrected chi connectivity index (χ0v) is 12.3. The van der Waals surface area contributed by atoms with Gasteiger partial charge in [-0.05, 0) is 31.0 Å². The van der Waals surface area contributed by atoms with E-state index in [0.717, 1.165) is 11.1 Å². The second-order valence-corrected chi connectivity index (χ2v) is 5.54. The van der Waals surface area contributed by atoms with Crippen LogP contribution in [0.4, 0.5) is 0 Å². The topological polar surface area (TPSA) is 81.4 Å². The lowest BCUT2D eigenvalue weighted by molar-refractivity contribution is 0.399. The molecule has 18 heavy (non-hydrogen) atoms. The fourth-order valence-corrected chi connectivity index (χ4v) is 3.02. The molecule has 0 spiro atoms. The van der Waals surface area contributed by atoms with Gasteiger partial charge >= 0.3 is 0 Å². The minimum Gasteiger partial charge on any atom is -0.495 e. The first kappa shape index (κ1) is 17.2. The van der Waals surface area contributed by atoms with E-state index in [2.05, 4.69) is 4.72 Å². The SMILES string of the molecule is COc1c(C)cc(C)cc1S(=O)(=O)NCCN.Cl. The average Bonchev–Trinajstić information content (AvgIpc) is 2.25. The number of methoxy groups -OCH3 is 1. The van der Waals surface area contributed by atoms with Crippen molar-refractivity contribution in [2.45, 2.75) is 18.7 Å². The highest BCUT2D eigenvalue weighted by atomic mass is 35.5. The highest BCUT2D eigenvalue weighted by molar-refractivity contribution is 7.89. The van der Waals surface area contributed by atoms with Gasteiger partial charge in [0.05, 0.1) is 7.11 Å². The first-order chi connectivity index (χ1) is 7.92. The van der Waals surface area contributed by atoms with Crippen molar-refractivity contribution in [3.05, 3.63) is 23.3 Å². The molecule has 1 aromatic carbocycles. The quantitative estimate of drug-likeness (QED) is 0.848. The molecule has 0 aliphatic carbocycles. The predicted octanol–water partition coefficient (Wildman–Crippen LogP) is 0.971. The molecule has 7 heteroatoms. The molecular formula is C11H19ClN2O3S. The van der Waals surface area contributed by atoms with E-state index in [4.69, 9.17) is 10.5 Å².